The number of primary amides is 1. The molecule has 1 heterocycles. The molecule has 0 unspecified atom stereocenters. The van der Waals surface area contributed by atoms with E-state index in [0.717, 1.165) is 29.2 Å². The Hall–Kier alpha value is -2.88. The third kappa shape index (κ3) is 2.95. The number of nitrogens with two attached hydrogens (primary N) is 1. The van der Waals surface area contributed by atoms with Crippen LogP contribution < -0.4 is 5.73 Å². The van der Waals surface area contributed by atoms with E-state index in [1.807, 2.05) is 24.3 Å². The molecule has 1 amide bonds. The van der Waals surface area contributed by atoms with Crippen molar-refractivity contribution in [1.82, 2.24) is 4.90 Å². The monoisotopic (exact) mass is 317 g/mol. The number of fused-ring (bicyclic) bond motifs is 1. The fourth-order valence-corrected chi connectivity index (χ4v) is 2.98. The van der Waals surface area contributed by atoms with Gasteiger partial charge in [0.05, 0.1) is 5.69 Å². The topological polar surface area (TPSA) is 58.7 Å². The maximum Gasteiger partial charge on any atom is 0.248 e. The molecule has 120 valence electrons. The van der Waals surface area contributed by atoms with Crippen LogP contribution in [0.4, 0.5) is 5.69 Å². The van der Waals surface area contributed by atoms with Gasteiger partial charge in [0.25, 0.3) is 0 Å². The lowest BCUT2D eigenvalue weighted by Crippen LogP contribution is -2.33. The van der Waals surface area contributed by atoms with Crippen LogP contribution in [-0.4, -0.2) is 22.7 Å². The van der Waals surface area contributed by atoms with Crippen LogP contribution in [0.25, 0.3) is 6.08 Å². The molecule has 4 nitrogen and oxygen atoms in total. The largest absolute Gasteiger partial charge is 0.366 e. The van der Waals surface area contributed by atoms with Gasteiger partial charge in [0, 0.05) is 18.2 Å². The molecule has 0 bridgehead atoms. The van der Waals surface area contributed by atoms with Crippen molar-refractivity contribution in [1.29, 1.82) is 0 Å². The predicted octanol–water partition coefficient (Wildman–Crippen LogP) is 3.51. The molecule has 2 N–H and O–H groups in total. The molecule has 4 heteroatoms. The Morgan fingerprint density at radius 2 is 1.92 bits per heavy atom. The van der Waals surface area contributed by atoms with Crippen LogP contribution in [0.5, 0.6) is 0 Å². The average Bonchev–Trinajstić information content (AvgIpc) is 3.44. The number of amides is 1. The van der Waals surface area contributed by atoms with Crippen LogP contribution in [-0.2, 0) is 6.54 Å². The van der Waals surface area contributed by atoms with Gasteiger partial charge in [0.2, 0.25) is 5.91 Å². The molecule has 0 spiro atoms. The predicted molar refractivity (Wildman–Crippen MR) is 96.1 cm³/mol. The minimum atomic E-state index is -0.418. The van der Waals surface area contributed by atoms with Crippen molar-refractivity contribution < 1.29 is 4.79 Å². The van der Waals surface area contributed by atoms with Gasteiger partial charge in [0.1, 0.15) is 5.84 Å². The van der Waals surface area contributed by atoms with Gasteiger partial charge in [-0.3, -0.25) is 4.79 Å². The highest BCUT2D eigenvalue weighted by Crippen LogP contribution is 2.35. The van der Waals surface area contributed by atoms with Gasteiger partial charge >= 0.3 is 0 Å². The zero-order valence-electron chi connectivity index (χ0n) is 13.4. The molecule has 1 fully saturated rings. The van der Waals surface area contributed by atoms with Gasteiger partial charge in [-0.2, -0.15) is 0 Å². The summed E-state index contributed by atoms with van der Waals surface area (Å²) in [6, 6.07) is 16.3. The molecule has 1 aliphatic carbocycles. The first kappa shape index (κ1) is 14.7. The van der Waals surface area contributed by atoms with E-state index in [0.29, 0.717) is 11.6 Å². The summed E-state index contributed by atoms with van der Waals surface area (Å²) in [4.78, 5) is 18.6. The standard InChI is InChI=1S/C20H19N3O/c21-20(24)15-7-8-16-13-23(17-9-10-17)19(22-18(16)12-15)11-6-14-4-2-1-3-5-14/h1-8,11-12,17H,9-10,13H2,(H2,21,24)/b11-6+. The zero-order valence-corrected chi connectivity index (χ0v) is 13.4. The molecular weight excluding hydrogens is 298 g/mol. The number of rotatable bonds is 4. The van der Waals surface area contributed by atoms with E-state index in [2.05, 4.69) is 29.2 Å². The third-order valence-electron chi connectivity index (χ3n) is 4.45. The van der Waals surface area contributed by atoms with E-state index in [-0.39, 0.29) is 0 Å². The number of hydrogen-bond donors (Lipinski definition) is 1. The highest BCUT2D eigenvalue weighted by molar-refractivity contribution is 6.00. The highest BCUT2D eigenvalue weighted by atomic mass is 16.1. The fourth-order valence-electron chi connectivity index (χ4n) is 2.98. The molecular formula is C20H19N3O. The Bertz CT molecular complexity index is 835. The van der Waals surface area contributed by atoms with Crippen LogP contribution in [0, 0.1) is 0 Å². The van der Waals surface area contributed by atoms with E-state index in [4.69, 9.17) is 10.7 Å². The van der Waals surface area contributed by atoms with Crippen LogP contribution in [0.15, 0.2) is 59.6 Å². The number of nitrogens with zero attached hydrogens (tertiary/aromatic N) is 2. The second kappa shape index (κ2) is 5.96. The molecule has 4 rings (SSSR count). The molecule has 1 saturated carbocycles. The average molecular weight is 317 g/mol. The van der Waals surface area contributed by atoms with Crippen molar-refractivity contribution in [2.75, 3.05) is 0 Å². The van der Waals surface area contributed by atoms with Crippen molar-refractivity contribution in [2.24, 2.45) is 10.7 Å². The Labute approximate surface area is 141 Å². The van der Waals surface area contributed by atoms with Crippen molar-refractivity contribution in [3.8, 4) is 0 Å². The Morgan fingerprint density at radius 3 is 2.62 bits per heavy atom. The smallest absolute Gasteiger partial charge is 0.248 e. The van der Waals surface area contributed by atoms with E-state index in [1.54, 1.807) is 12.1 Å². The summed E-state index contributed by atoms with van der Waals surface area (Å²) in [6.45, 7) is 0.830. The quantitative estimate of drug-likeness (QED) is 0.938. The number of amidine groups is 1. The Kier molecular flexibility index (Phi) is 3.65. The first-order valence-electron chi connectivity index (χ1n) is 8.22. The molecule has 0 radical (unpaired) electrons. The summed E-state index contributed by atoms with van der Waals surface area (Å²) in [6.07, 6.45) is 6.57. The lowest BCUT2D eigenvalue weighted by molar-refractivity contribution is 0.100. The third-order valence-corrected chi connectivity index (χ3v) is 4.45. The first-order valence-corrected chi connectivity index (χ1v) is 8.22. The van der Waals surface area contributed by atoms with Crippen molar-refractivity contribution in [3.05, 3.63) is 71.3 Å². The SMILES string of the molecule is NC(=O)c1ccc2c(c1)N=C(/C=C/c1ccccc1)N(C1CC1)C2. The summed E-state index contributed by atoms with van der Waals surface area (Å²) in [5, 5.41) is 0. The van der Waals surface area contributed by atoms with Gasteiger partial charge in [-0.1, -0.05) is 42.5 Å². The molecule has 0 atom stereocenters. The van der Waals surface area contributed by atoms with E-state index >= 15 is 0 Å². The number of carbonyl (C=O) groups is 1. The van der Waals surface area contributed by atoms with Crippen molar-refractivity contribution in [3.63, 3.8) is 0 Å². The van der Waals surface area contributed by atoms with Crippen molar-refractivity contribution >= 4 is 23.5 Å². The van der Waals surface area contributed by atoms with Crippen LogP contribution in [0.3, 0.4) is 0 Å². The van der Waals surface area contributed by atoms with Crippen molar-refractivity contribution in [2.45, 2.75) is 25.4 Å². The summed E-state index contributed by atoms with van der Waals surface area (Å²) in [5.74, 6) is 0.537. The van der Waals surface area contributed by atoms with Crippen LogP contribution in [0.2, 0.25) is 0 Å². The number of aliphatic imine (C=N–C) groups is 1. The van der Waals surface area contributed by atoms with Gasteiger partial charge in [-0.25, -0.2) is 4.99 Å². The second-order valence-corrected chi connectivity index (χ2v) is 6.28. The van der Waals surface area contributed by atoms with Gasteiger partial charge in [-0.05, 0) is 42.2 Å². The fraction of sp³-hybridized carbons (Fsp3) is 0.200. The van der Waals surface area contributed by atoms with Crippen LogP contribution >= 0.6 is 0 Å². The number of benzene rings is 2. The molecule has 0 saturated heterocycles. The maximum absolute atomic E-state index is 11.4. The molecule has 2 aromatic carbocycles. The van der Waals surface area contributed by atoms with E-state index in [1.165, 1.54) is 12.8 Å². The van der Waals surface area contributed by atoms with Crippen LogP contribution in [0.1, 0.15) is 34.3 Å². The normalized spacial score (nSPS) is 16.8. The first-order chi connectivity index (χ1) is 11.7. The molecule has 2 aromatic rings. The zero-order chi connectivity index (χ0) is 16.5. The molecule has 24 heavy (non-hydrogen) atoms. The summed E-state index contributed by atoms with van der Waals surface area (Å²) >= 11 is 0. The number of hydrogen-bond acceptors (Lipinski definition) is 3. The minimum absolute atomic E-state index is 0.418. The van der Waals surface area contributed by atoms with Gasteiger partial charge in [0.15, 0.2) is 0 Å². The summed E-state index contributed by atoms with van der Waals surface area (Å²) in [7, 11) is 0. The lowest BCUT2D eigenvalue weighted by atomic mass is 10.1. The van der Waals surface area contributed by atoms with Gasteiger partial charge in [-0.15, -0.1) is 0 Å². The Balaban J connectivity index is 1.70. The van der Waals surface area contributed by atoms with Gasteiger partial charge < -0.3 is 10.6 Å². The maximum atomic E-state index is 11.4. The molecule has 1 aliphatic heterocycles. The van der Waals surface area contributed by atoms with E-state index < -0.39 is 5.91 Å². The highest BCUT2D eigenvalue weighted by Gasteiger charge is 2.33. The number of carbonyl (C=O) groups excluding carboxylic acids is 1. The summed E-state index contributed by atoms with van der Waals surface area (Å²) in [5.41, 5.74) is 9.03. The van der Waals surface area contributed by atoms with E-state index in [9.17, 15) is 4.79 Å². The minimum Gasteiger partial charge on any atom is -0.366 e. The Morgan fingerprint density at radius 1 is 1.12 bits per heavy atom. The molecule has 0 aromatic heterocycles. The molecule has 2 aliphatic rings. The second-order valence-electron chi connectivity index (χ2n) is 6.28. The summed E-state index contributed by atoms with van der Waals surface area (Å²) < 4.78 is 0. The lowest BCUT2D eigenvalue weighted by Gasteiger charge is -2.29.